The number of rotatable bonds is 6. The van der Waals surface area contributed by atoms with Crippen molar-refractivity contribution in [3.8, 4) is 22.6 Å². The number of nitrogens with zero attached hydrogens (tertiary/aromatic N) is 3. The number of aromatic nitrogens is 1. The molecule has 0 fully saturated rings. The van der Waals surface area contributed by atoms with Crippen LogP contribution in [0.3, 0.4) is 0 Å². The van der Waals surface area contributed by atoms with Crippen LogP contribution < -0.4 is 4.74 Å². The molecule has 2 aromatic carbocycles. The third kappa shape index (κ3) is 3.90. The Labute approximate surface area is 175 Å². The third-order valence-electron chi connectivity index (χ3n) is 4.75. The lowest BCUT2D eigenvalue weighted by atomic mass is 10.0. The molecule has 0 aliphatic heterocycles. The van der Waals surface area contributed by atoms with Crippen LogP contribution >= 0.6 is 0 Å². The van der Waals surface area contributed by atoms with E-state index < -0.39 is 5.97 Å². The summed E-state index contributed by atoms with van der Waals surface area (Å²) >= 11 is 0. The minimum absolute atomic E-state index is 0.261. The van der Waals surface area contributed by atoms with Crippen LogP contribution in [0.25, 0.3) is 20.8 Å². The van der Waals surface area contributed by atoms with E-state index in [0.29, 0.717) is 40.6 Å². The molecule has 1 aromatic heterocycles. The molecule has 6 nitrogen and oxygen atoms in total. The highest BCUT2D eigenvalue weighted by molar-refractivity contribution is 6.01. The van der Waals surface area contributed by atoms with E-state index in [1.165, 1.54) is 0 Å². The number of ether oxygens (including phenoxy) is 2. The van der Waals surface area contributed by atoms with E-state index >= 15 is 0 Å². The number of hydrogen-bond acceptors (Lipinski definition) is 3. The van der Waals surface area contributed by atoms with E-state index in [4.69, 9.17) is 22.6 Å². The van der Waals surface area contributed by atoms with Crippen LogP contribution in [0, 0.1) is 13.1 Å². The van der Waals surface area contributed by atoms with E-state index in [2.05, 4.69) is 9.69 Å². The summed E-state index contributed by atoms with van der Waals surface area (Å²) in [6.07, 6.45) is 0.627. The van der Waals surface area contributed by atoms with Gasteiger partial charge in [-0.3, -0.25) is 0 Å². The van der Waals surface area contributed by atoms with Crippen molar-refractivity contribution in [2.75, 3.05) is 6.61 Å². The van der Waals surface area contributed by atoms with Crippen molar-refractivity contribution in [1.29, 1.82) is 0 Å². The van der Waals surface area contributed by atoms with Crippen molar-refractivity contribution < 1.29 is 14.3 Å². The van der Waals surface area contributed by atoms with Gasteiger partial charge in [0.1, 0.15) is 17.2 Å². The van der Waals surface area contributed by atoms with Gasteiger partial charge in [-0.05, 0) is 43.2 Å². The Hall–Kier alpha value is -4.03. The van der Waals surface area contributed by atoms with Gasteiger partial charge in [-0.1, -0.05) is 31.2 Å². The zero-order valence-electron chi connectivity index (χ0n) is 17.1. The van der Waals surface area contributed by atoms with Gasteiger partial charge in [0.15, 0.2) is 5.69 Å². The van der Waals surface area contributed by atoms with Crippen LogP contribution in [-0.2, 0) is 18.2 Å². The highest BCUT2D eigenvalue weighted by Crippen LogP contribution is 2.40. The molecule has 0 aliphatic carbocycles. The van der Waals surface area contributed by atoms with Crippen LogP contribution in [0.2, 0.25) is 0 Å². The summed E-state index contributed by atoms with van der Waals surface area (Å²) in [6.45, 7) is 18.7. The van der Waals surface area contributed by atoms with Crippen molar-refractivity contribution in [1.82, 2.24) is 4.57 Å². The van der Waals surface area contributed by atoms with Gasteiger partial charge in [-0.2, -0.15) is 0 Å². The van der Waals surface area contributed by atoms with Gasteiger partial charge in [-0.25, -0.2) is 14.5 Å². The maximum atomic E-state index is 12.6. The molecule has 0 saturated heterocycles. The average Bonchev–Trinajstić information content (AvgIpc) is 3.06. The van der Waals surface area contributed by atoms with Crippen LogP contribution in [0.1, 0.15) is 30.0 Å². The summed E-state index contributed by atoms with van der Waals surface area (Å²) in [5, 5.41) is 0. The molecule has 0 N–H and O–H groups in total. The summed E-state index contributed by atoms with van der Waals surface area (Å²) in [6, 6.07) is 14.1. The van der Waals surface area contributed by atoms with Gasteiger partial charge >= 0.3 is 5.97 Å². The summed E-state index contributed by atoms with van der Waals surface area (Å²) in [7, 11) is 1.79. The third-order valence-corrected chi connectivity index (χ3v) is 4.75. The molecule has 3 rings (SSSR count). The summed E-state index contributed by atoms with van der Waals surface area (Å²) < 4.78 is 12.8. The fourth-order valence-electron chi connectivity index (χ4n) is 3.37. The second-order valence-electron chi connectivity index (χ2n) is 6.50. The number of esters is 1. The molecule has 30 heavy (non-hydrogen) atoms. The van der Waals surface area contributed by atoms with E-state index in [1.54, 1.807) is 54.9 Å². The van der Waals surface area contributed by atoms with Crippen molar-refractivity contribution in [2.24, 2.45) is 7.05 Å². The topological polar surface area (TPSA) is 49.2 Å². The van der Waals surface area contributed by atoms with Crippen LogP contribution in [-0.4, -0.2) is 17.1 Å². The van der Waals surface area contributed by atoms with Crippen molar-refractivity contribution >= 4 is 17.3 Å². The summed E-state index contributed by atoms with van der Waals surface area (Å²) in [5.41, 5.74) is 3.51. The molecular weight excluding hydrogens is 378 g/mol. The molecular formula is C24H21N3O3. The van der Waals surface area contributed by atoms with E-state index in [-0.39, 0.29) is 6.61 Å². The predicted octanol–water partition coefficient (Wildman–Crippen LogP) is 6.33. The average molecular weight is 399 g/mol. The van der Waals surface area contributed by atoms with Gasteiger partial charge in [0.05, 0.1) is 19.8 Å². The van der Waals surface area contributed by atoms with Crippen LogP contribution in [0.5, 0.6) is 11.5 Å². The van der Waals surface area contributed by atoms with E-state index in [9.17, 15) is 4.79 Å². The molecule has 0 unspecified atom stereocenters. The Morgan fingerprint density at radius 3 is 2.07 bits per heavy atom. The second-order valence-corrected chi connectivity index (χ2v) is 6.50. The molecule has 0 amide bonds. The fourth-order valence-corrected chi connectivity index (χ4v) is 3.37. The van der Waals surface area contributed by atoms with Gasteiger partial charge in [0.2, 0.25) is 5.69 Å². The van der Waals surface area contributed by atoms with Crippen molar-refractivity contribution in [3.63, 3.8) is 0 Å². The first-order chi connectivity index (χ1) is 14.5. The maximum absolute atomic E-state index is 12.6. The Balaban J connectivity index is 2.00. The molecule has 0 spiro atoms. The number of hydrogen-bond donors (Lipinski definition) is 0. The summed E-state index contributed by atoms with van der Waals surface area (Å²) in [4.78, 5) is 19.7. The van der Waals surface area contributed by atoms with Gasteiger partial charge in [0.25, 0.3) is 0 Å². The molecule has 0 saturated carbocycles. The smallest absolute Gasteiger partial charge is 0.354 e. The zero-order chi connectivity index (χ0) is 21.7. The Bertz CT molecular complexity index is 1140. The monoisotopic (exact) mass is 399 g/mol. The molecule has 0 bridgehead atoms. The van der Waals surface area contributed by atoms with Crippen molar-refractivity contribution in [3.05, 3.63) is 82.8 Å². The van der Waals surface area contributed by atoms with Crippen LogP contribution in [0.4, 0.5) is 11.4 Å². The highest BCUT2D eigenvalue weighted by atomic mass is 16.5. The van der Waals surface area contributed by atoms with Gasteiger partial charge in [0, 0.05) is 18.3 Å². The minimum Gasteiger partial charge on any atom is -0.461 e. The molecule has 0 aliphatic rings. The highest BCUT2D eigenvalue weighted by Gasteiger charge is 2.26. The Morgan fingerprint density at radius 1 is 0.967 bits per heavy atom. The number of benzene rings is 2. The van der Waals surface area contributed by atoms with Gasteiger partial charge in [-0.15, -0.1) is 0 Å². The summed E-state index contributed by atoms with van der Waals surface area (Å²) in [5.74, 6) is 0.792. The largest absolute Gasteiger partial charge is 0.461 e. The lowest BCUT2D eigenvalue weighted by molar-refractivity contribution is 0.0516. The lowest BCUT2D eigenvalue weighted by Gasteiger charge is -2.10. The number of carbonyl (C=O) groups excluding carboxylic acids is 1. The van der Waals surface area contributed by atoms with E-state index in [1.807, 2.05) is 19.1 Å². The van der Waals surface area contributed by atoms with Crippen LogP contribution in [0.15, 0.2) is 48.5 Å². The standard InChI is InChI=1S/C24H21N3O3/c1-6-20-22(26-4)21(23(27(20)5)24(28)29-7-2)16-8-12-18(13-9-16)30-19-14-10-17(25-3)11-15-19/h8-15H,6-7H2,1-2,5H3. The minimum atomic E-state index is -0.445. The predicted molar refractivity (Wildman–Crippen MR) is 115 cm³/mol. The molecule has 6 heteroatoms. The quantitative estimate of drug-likeness (QED) is 0.360. The Morgan fingerprint density at radius 2 is 1.57 bits per heavy atom. The molecule has 1 heterocycles. The zero-order valence-corrected chi connectivity index (χ0v) is 17.1. The fraction of sp³-hybridized carbons (Fsp3) is 0.208. The SMILES string of the molecule is [C-]#[N+]c1ccc(Oc2ccc(-c3c([N+]#[C-])c(CC)n(C)c3C(=O)OCC)cc2)cc1. The number of carbonyl (C=O) groups is 1. The van der Waals surface area contributed by atoms with E-state index in [0.717, 1.165) is 11.3 Å². The van der Waals surface area contributed by atoms with Crippen molar-refractivity contribution in [2.45, 2.75) is 20.3 Å². The Kier molecular flexibility index (Phi) is 6.20. The molecule has 3 aromatic rings. The second kappa shape index (κ2) is 8.98. The first-order valence-electron chi connectivity index (χ1n) is 9.55. The molecule has 0 radical (unpaired) electrons. The lowest BCUT2D eigenvalue weighted by Crippen LogP contribution is -2.12. The first-order valence-corrected chi connectivity index (χ1v) is 9.55. The normalized spacial score (nSPS) is 10.2. The maximum Gasteiger partial charge on any atom is 0.354 e. The molecule has 0 atom stereocenters. The van der Waals surface area contributed by atoms with Gasteiger partial charge < -0.3 is 14.0 Å². The first kappa shape index (κ1) is 20.7. The molecule has 150 valence electrons.